The second-order valence-corrected chi connectivity index (χ2v) is 7.88. The molecule has 2 aromatic rings. The number of hydrogen-bond donors (Lipinski definition) is 0. The lowest BCUT2D eigenvalue weighted by molar-refractivity contribution is -0.113. The molecule has 0 bridgehead atoms. The number of rotatable bonds is 3. The summed E-state index contributed by atoms with van der Waals surface area (Å²) in [6.45, 7) is 0. The smallest absolute Gasteiger partial charge is 0.298 e. The van der Waals surface area contributed by atoms with E-state index in [2.05, 4.69) is 15.9 Å². The summed E-state index contributed by atoms with van der Waals surface area (Å²) in [7, 11) is 3.91. The molecule has 1 aliphatic rings. The molecule has 0 aromatic heterocycles. The molecule has 0 unspecified atom stereocenters. The molecule has 1 saturated heterocycles. The molecule has 0 spiro atoms. The maximum absolute atomic E-state index is 12.6. The third-order valence-electron chi connectivity index (χ3n) is 3.63. The number of nitrogens with zero attached hydrogens (tertiary/aromatic N) is 2. The summed E-state index contributed by atoms with van der Waals surface area (Å²) in [5, 5.41) is 0.236. The fourth-order valence-corrected chi connectivity index (χ4v) is 4.13. The molecular weight excluding hydrogens is 424 g/mol. The fraction of sp³-hybridized carbons (Fsp3) is 0.111. The normalized spacial score (nSPS) is 16.0. The minimum Gasteiger partial charge on any atom is -0.377 e. The van der Waals surface area contributed by atoms with Crippen molar-refractivity contribution in [1.82, 2.24) is 0 Å². The molecule has 128 valence electrons. The minimum absolute atomic E-state index is 0.317. The molecule has 2 amide bonds. The van der Waals surface area contributed by atoms with Crippen molar-refractivity contribution >= 4 is 67.9 Å². The number of thioether (sulfide) groups is 1. The molecule has 1 heterocycles. The van der Waals surface area contributed by atoms with Gasteiger partial charge >= 0.3 is 0 Å². The largest absolute Gasteiger partial charge is 0.377 e. The van der Waals surface area contributed by atoms with Crippen molar-refractivity contribution in [1.29, 1.82) is 0 Å². The maximum Gasteiger partial charge on any atom is 0.298 e. The molecule has 0 N–H and O–H groups in total. The van der Waals surface area contributed by atoms with E-state index in [1.165, 1.54) is 0 Å². The van der Waals surface area contributed by atoms with Gasteiger partial charge in [-0.05, 0) is 75.7 Å². The van der Waals surface area contributed by atoms with Gasteiger partial charge in [0.15, 0.2) is 0 Å². The van der Waals surface area contributed by atoms with Crippen LogP contribution in [0.15, 0.2) is 51.8 Å². The summed E-state index contributed by atoms with van der Waals surface area (Å²) < 4.78 is 0.920. The third-order valence-corrected chi connectivity index (χ3v) is 5.39. The van der Waals surface area contributed by atoms with E-state index in [1.807, 2.05) is 37.2 Å². The monoisotopic (exact) mass is 436 g/mol. The van der Waals surface area contributed by atoms with E-state index in [0.717, 1.165) is 32.4 Å². The summed E-state index contributed by atoms with van der Waals surface area (Å²) in [5.41, 5.74) is 2.39. The third kappa shape index (κ3) is 3.76. The zero-order chi connectivity index (χ0) is 18.1. The van der Waals surface area contributed by atoms with Gasteiger partial charge in [-0.25, -0.2) is 4.90 Å². The fourth-order valence-electron chi connectivity index (χ4n) is 2.41. The van der Waals surface area contributed by atoms with E-state index in [9.17, 15) is 9.59 Å². The van der Waals surface area contributed by atoms with E-state index in [0.29, 0.717) is 15.6 Å². The van der Waals surface area contributed by atoms with Crippen LogP contribution in [0.1, 0.15) is 5.56 Å². The molecule has 7 heteroatoms. The Morgan fingerprint density at radius 2 is 1.80 bits per heavy atom. The molecular formula is C18H14BrClN2O2S. The van der Waals surface area contributed by atoms with Crippen molar-refractivity contribution in [3.8, 4) is 0 Å². The average molecular weight is 438 g/mol. The van der Waals surface area contributed by atoms with Crippen LogP contribution in [0.2, 0.25) is 5.02 Å². The van der Waals surface area contributed by atoms with Gasteiger partial charge in [0, 0.05) is 23.6 Å². The SMILES string of the molecule is CN(C)c1ccc(/C=C2/SC(=O)N(c3ccc(Cl)cc3)C2=O)cc1Br. The molecule has 3 rings (SSSR count). The van der Waals surface area contributed by atoms with Crippen LogP contribution >= 0.6 is 39.3 Å². The van der Waals surface area contributed by atoms with Crippen molar-refractivity contribution in [3.63, 3.8) is 0 Å². The number of imide groups is 1. The van der Waals surface area contributed by atoms with Gasteiger partial charge in [0.2, 0.25) is 0 Å². The summed E-state index contributed by atoms with van der Waals surface area (Å²) in [6.07, 6.45) is 1.73. The summed E-state index contributed by atoms with van der Waals surface area (Å²) in [4.78, 5) is 28.4. The van der Waals surface area contributed by atoms with Gasteiger partial charge in [-0.15, -0.1) is 0 Å². The van der Waals surface area contributed by atoms with Crippen LogP contribution < -0.4 is 9.80 Å². The number of benzene rings is 2. The number of anilines is 2. The van der Waals surface area contributed by atoms with Crippen LogP contribution in [-0.4, -0.2) is 25.2 Å². The van der Waals surface area contributed by atoms with E-state index in [-0.39, 0.29) is 11.1 Å². The van der Waals surface area contributed by atoms with Crippen molar-refractivity contribution in [3.05, 3.63) is 62.4 Å². The highest BCUT2D eigenvalue weighted by molar-refractivity contribution is 9.10. The highest BCUT2D eigenvalue weighted by atomic mass is 79.9. The molecule has 0 atom stereocenters. The quantitative estimate of drug-likeness (QED) is 0.602. The van der Waals surface area contributed by atoms with E-state index >= 15 is 0 Å². The first-order valence-electron chi connectivity index (χ1n) is 7.37. The Bertz CT molecular complexity index is 881. The topological polar surface area (TPSA) is 40.6 Å². The second-order valence-electron chi connectivity index (χ2n) is 5.60. The summed E-state index contributed by atoms with van der Waals surface area (Å²) in [5.74, 6) is -0.329. The number of carbonyl (C=O) groups excluding carboxylic acids is 2. The molecule has 1 fully saturated rings. The van der Waals surface area contributed by atoms with Crippen molar-refractivity contribution in [2.75, 3.05) is 23.9 Å². The predicted molar refractivity (Wildman–Crippen MR) is 108 cm³/mol. The van der Waals surface area contributed by atoms with E-state index < -0.39 is 0 Å². The average Bonchev–Trinajstić information content (AvgIpc) is 2.82. The summed E-state index contributed by atoms with van der Waals surface area (Å²) >= 11 is 10.3. The molecule has 0 aliphatic carbocycles. The Morgan fingerprint density at radius 3 is 2.40 bits per heavy atom. The van der Waals surface area contributed by atoms with Gasteiger partial charge in [0.05, 0.1) is 16.3 Å². The van der Waals surface area contributed by atoms with Crippen LogP contribution in [-0.2, 0) is 4.79 Å². The van der Waals surface area contributed by atoms with Gasteiger partial charge in [-0.1, -0.05) is 17.7 Å². The van der Waals surface area contributed by atoms with Crippen LogP contribution in [0.3, 0.4) is 0 Å². The Kier molecular flexibility index (Phi) is 5.22. The highest BCUT2D eigenvalue weighted by Crippen LogP contribution is 2.36. The van der Waals surface area contributed by atoms with Crippen molar-refractivity contribution < 1.29 is 9.59 Å². The van der Waals surface area contributed by atoms with E-state index in [4.69, 9.17) is 11.6 Å². The van der Waals surface area contributed by atoms with Gasteiger partial charge in [-0.3, -0.25) is 9.59 Å². The lowest BCUT2D eigenvalue weighted by atomic mass is 10.2. The lowest BCUT2D eigenvalue weighted by Gasteiger charge is -2.14. The molecule has 2 aromatic carbocycles. The number of hydrogen-bond acceptors (Lipinski definition) is 4. The highest BCUT2D eigenvalue weighted by Gasteiger charge is 2.36. The first-order chi connectivity index (χ1) is 11.9. The Hall–Kier alpha value is -1.76. The van der Waals surface area contributed by atoms with Crippen LogP contribution in [0.5, 0.6) is 0 Å². The van der Waals surface area contributed by atoms with Crippen LogP contribution in [0.4, 0.5) is 16.2 Å². The minimum atomic E-state index is -0.329. The number of carbonyl (C=O) groups is 2. The van der Waals surface area contributed by atoms with Crippen molar-refractivity contribution in [2.45, 2.75) is 0 Å². The van der Waals surface area contributed by atoms with Gasteiger partial charge < -0.3 is 4.90 Å². The molecule has 4 nitrogen and oxygen atoms in total. The molecule has 0 saturated carbocycles. The maximum atomic E-state index is 12.6. The van der Waals surface area contributed by atoms with Gasteiger partial charge in [0.25, 0.3) is 11.1 Å². The van der Waals surface area contributed by atoms with Crippen LogP contribution in [0, 0.1) is 0 Å². The zero-order valence-corrected chi connectivity index (χ0v) is 16.7. The molecule has 25 heavy (non-hydrogen) atoms. The Morgan fingerprint density at radius 1 is 1.12 bits per heavy atom. The standard InChI is InChI=1S/C18H14BrClN2O2S/c1-21(2)15-8-3-11(9-14(15)19)10-16-17(23)22(18(24)25-16)13-6-4-12(20)5-7-13/h3-10H,1-2H3/b16-10+. The molecule has 0 radical (unpaired) electrons. The van der Waals surface area contributed by atoms with Crippen molar-refractivity contribution in [2.24, 2.45) is 0 Å². The van der Waals surface area contributed by atoms with Gasteiger partial charge in [-0.2, -0.15) is 0 Å². The summed E-state index contributed by atoms with van der Waals surface area (Å²) in [6, 6.07) is 12.4. The van der Waals surface area contributed by atoms with Crippen LogP contribution in [0.25, 0.3) is 6.08 Å². The molecule has 1 aliphatic heterocycles. The second kappa shape index (κ2) is 7.23. The number of amides is 2. The predicted octanol–water partition coefficient (Wildman–Crippen LogP) is 5.41. The first-order valence-corrected chi connectivity index (χ1v) is 9.36. The van der Waals surface area contributed by atoms with Gasteiger partial charge in [0.1, 0.15) is 0 Å². The lowest BCUT2D eigenvalue weighted by Crippen LogP contribution is -2.27. The Balaban J connectivity index is 1.90. The number of halogens is 2. The van der Waals surface area contributed by atoms with E-state index in [1.54, 1.807) is 30.3 Å². The zero-order valence-electron chi connectivity index (χ0n) is 13.5. The first kappa shape index (κ1) is 18.0. The Labute approximate surface area is 163 Å².